The predicted octanol–water partition coefficient (Wildman–Crippen LogP) is 3.09. The van der Waals surface area contributed by atoms with E-state index >= 15 is 0 Å². The average molecular weight is 396 g/mol. The first-order chi connectivity index (χ1) is 9.30. The molecule has 108 valence electrons. The number of carbonyl (C=O) groups is 1. The molecule has 0 spiro atoms. The number of thiophene rings is 2. The van der Waals surface area contributed by atoms with E-state index in [1.807, 2.05) is 11.4 Å². The standard InChI is InChI=1S/C11H10BrNO4S3/c1-13(5-8-4-7(12)6-18-8)20(16,17)10-3-2-9(19-10)11(14)15/h2-4,6H,5H2,1H3,(H,14,15). The highest BCUT2D eigenvalue weighted by atomic mass is 79.9. The van der Waals surface area contributed by atoms with Crippen LogP contribution in [0.25, 0.3) is 0 Å². The zero-order chi connectivity index (χ0) is 14.9. The number of aromatic carboxylic acids is 1. The van der Waals surface area contributed by atoms with Gasteiger partial charge < -0.3 is 5.11 Å². The summed E-state index contributed by atoms with van der Waals surface area (Å²) in [5.41, 5.74) is 0. The van der Waals surface area contributed by atoms with Crippen molar-refractivity contribution in [2.75, 3.05) is 7.05 Å². The van der Waals surface area contributed by atoms with Crippen molar-refractivity contribution in [2.24, 2.45) is 0 Å². The number of nitrogens with zero attached hydrogens (tertiary/aromatic N) is 1. The third kappa shape index (κ3) is 3.29. The molecular formula is C11H10BrNO4S3. The highest BCUT2D eigenvalue weighted by molar-refractivity contribution is 9.10. The molecule has 0 atom stereocenters. The smallest absolute Gasteiger partial charge is 0.345 e. The summed E-state index contributed by atoms with van der Waals surface area (Å²) in [6, 6.07) is 4.48. The van der Waals surface area contributed by atoms with Gasteiger partial charge in [0, 0.05) is 28.3 Å². The van der Waals surface area contributed by atoms with Crippen molar-refractivity contribution in [2.45, 2.75) is 10.8 Å². The summed E-state index contributed by atoms with van der Waals surface area (Å²) in [5, 5.41) is 10.7. The monoisotopic (exact) mass is 395 g/mol. The summed E-state index contributed by atoms with van der Waals surface area (Å²) >= 11 is 5.53. The van der Waals surface area contributed by atoms with Gasteiger partial charge in [0.25, 0.3) is 10.0 Å². The van der Waals surface area contributed by atoms with Gasteiger partial charge in [-0.25, -0.2) is 13.2 Å². The second kappa shape index (κ2) is 5.94. The maximum atomic E-state index is 12.3. The molecule has 0 aliphatic rings. The van der Waals surface area contributed by atoms with E-state index in [0.717, 1.165) is 20.7 Å². The lowest BCUT2D eigenvalue weighted by Crippen LogP contribution is -2.25. The molecule has 9 heteroatoms. The van der Waals surface area contributed by atoms with Gasteiger partial charge in [-0.15, -0.1) is 22.7 Å². The second-order valence-corrected chi connectivity index (χ2v) is 9.18. The minimum absolute atomic E-state index is 0.0100. The van der Waals surface area contributed by atoms with E-state index in [4.69, 9.17) is 5.11 Å². The molecule has 0 aromatic carbocycles. The Kier molecular flexibility index (Phi) is 4.65. The fourth-order valence-electron chi connectivity index (χ4n) is 1.47. The van der Waals surface area contributed by atoms with E-state index < -0.39 is 16.0 Å². The van der Waals surface area contributed by atoms with Crippen molar-refractivity contribution in [1.82, 2.24) is 4.31 Å². The summed E-state index contributed by atoms with van der Waals surface area (Å²) in [6.07, 6.45) is 0. The Morgan fingerprint density at radius 2 is 2.15 bits per heavy atom. The molecule has 0 aliphatic heterocycles. The fraction of sp³-hybridized carbons (Fsp3) is 0.182. The van der Waals surface area contributed by atoms with Crippen LogP contribution >= 0.6 is 38.6 Å². The molecular weight excluding hydrogens is 386 g/mol. The molecule has 0 fully saturated rings. The van der Waals surface area contributed by atoms with E-state index in [9.17, 15) is 13.2 Å². The molecule has 2 heterocycles. The van der Waals surface area contributed by atoms with E-state index in [1.165, 1.54) is 34.8 Å². The van der Waals surface area contributed by atoms with Crippen LogP contribution in [0.5, 0.6) is 0 Å². The summed E-state index contributed by atoms with van der Waals surface area (Å²) < 4.78 is 26.8. The van der Waals surface area contributed by atoms with Crippen LogP contribution in [0.4, 0.5) is 0 Å². The number of halogens is 1. The number of rotatable bonds is 5. The Labute approximate surface area is 132 Å². The van der Waals surface area contributed by atoms with Crippen LogP contribution in [0.3, 0.4) is 0 Å². The lowest BCUT2D eigenvalue weighted by atomic mass is 10.5. The van der Waals surface area contributed by atoms with Gasteiger partial charge in [-0.3, -0.25) is 0 Å². The molecule has 0 saturated heterocycles. The van der Waals surface area contributed by atoms with Gasteiger partial charge in [0.05, 0.1) is 0 Å². The van der Waals surface area contributed by atoms with E-state index in [1.54, 1.807) is 0 Å². The molecule has 5 nitrogen and oxygen atoms in total. The van der Waals surface area contributed by atoms with E-state index in [-0.39, 0.29) is 15.6 Å². The molecule has 0 unspecified atom stereocenters. The van der Waals surface area contributed by atoms with Crippen molar-refractivity contribution in [3.63, 3.8) is 0 Å². The number of carboxylic acids is 1. The zero-order valence-corrected chi connectivity index (χ0v) is 14.3. The topological polar surface area (TPSA) is 74.7 Å². The second-order valence-electron chi connectivity index (χ2n) is 3.92. The van der Waals surface area contributed by atoms with Gasteiger partial charge in [0.15, 0.2) is 0 Å². The minimum Gasteiger partial charge on any atom is -0.477 e. The Hall–Kier alpha value is -0.740. The number of hydrogen-bond donors (Lipinski definition) is 1. The van der Waals surface area contributed by atoms with E-state index in [2.05, 4.69) is 15.9 Å². The first kappa shape index (κ1) is 15.6. The van der Waals surface area contributed by atoms with Crippen molar-refractivity contribution in [1.29, 1.82) is 0 Å². The number of hydrogen-bond acceptors (Lipinski definition) is 5. The first-order valence-electron chi connectivity index (χ1n) is 5.33. The molecule has 2 aromatic rings. The van der Waals surface area contributed by atoms with Gasteiger partial charge in [0.2, 0.25) is 0 Å². The molecule has 0 amide bonds. The van der Waals surface area contributed by atoms with Gasteiger partial charge >= 0.3 is 5.97 Å². The highest BCUT2D eigenvalue weighted by Gasteiger charge is 2.24. The van der Waals surface area contributed by atoms with Crippen LogP contribution in [-0.2, 0) is 16.6 Å². The van der Waals surface area contributed by atoms with Crippen molar-refractivity contribution >= 4 is 54.6 Å². The predicted molar refractivity (Wildman–Crippen MR) is 82.0 cm³/mol. The molecule has 20 heavy (non-hydrogen) atoms. The summed E-state index contributed by atoms with van der Waals surface area (Å²) in [6.45, 7) is 0.249. The molecule has 0 aliphatic carbocycles. The molecule has 2 rings (SSSR count). The van der Waals surface area contributed by atoms with Crippen molar-refractivity contribution in [3.8, 4) is 0 Å². The van der Waals surface area contributed by atoms with Gasteiger partial charge in [0.1, 0.15) is 9.09 Å². The summed E-state index contributed by atoms with van der Waals surface area (Å²) in [4.78, 5) is 11.7. The molecule has 0 radical (unpaired) electrons. The van der Waals surface area contributed by atoms with Crippen LogP contribution in [0.1, 0.15) is 14.5 Å². The summed E-state index contributed by atoms with van der Waals surface area (Å²) in [7, 11) is -2.19. The van der Waals surface area contributed by atoms with Crippen LogP contribution in [0, 0.1) is 0 Å². The zero-order valence-electron chi connectivity index (χ0n) is 10.2. The Balaban J connectivity index is 2.22. The number of sulfonamides is 1. The third-order valence-corrected chi connectivity index (χ3v) is 7.48. The lowest BCUT2D eigenvalue weighted by Gasteiger charge is -2.14. The Bertz CT molecular complexity index is 734. The first-order valence-corrected chi connectivity index (χ1v) is 9.26. The van der Waals surface area contributed by atoms with Crippen molar-refractivity contribution < 1.29 is 18.3 Å². The minimum atomic E-state index is -3.66. The van der Waals surface area contributed by atoms with Gasteiger partial charge in [-0.2, -0.15) is 4.31 Å². The van der Waals surface area contributed by atoms with Crippen molar-refractivity contribution in [3.05, 3.63) is 37.8 Å². The summed E-state index contributed by atoms with van der Waals surface area (Å²) in [5.74, 6) is -1.12. The Morgan fingerprint density at radius 1 is 1.45 bits per heavy atom. The van der Waals surface area contributed by atoms with Gasteiger partial charge in [-0.1, -0.05) is 0 Å². The lowest BCUT2D eigenvalue weighted by molar-refractivity contribution is 0.0702. The average Bonchev–Trinajstić information content (AvgIpc) is 2.98. The van der Waals surface area contributed by atoms with Gasteiger partial charge in [-0.05, 0) is 34.1 Å². The molecule has 0 bridgehead atoms. The fourth-order valence-corrected chi connectivity index (χ4v) is 5.56. The largest absolute Gasteiger partial charge is 0.477 e. The highest BCUT2D eigenvalue weighted by Crippen LogP contribution is 2.27. The quantitative estimate of drug-likeness (QED) is 0.843. The molecule has 0 saturated carbocycles. The maximum Gasteiger partial charge on any atom is 0.345 e. The van der Waals surface area contributed by atoms with Crippen LogP contribution < -0.4 is 0 Å². The number of carboxylic acid groups (broad SMARTS) is 1. The Morgan fingerprint density at radius 3 is 2.65 bits per heavy atom. The SMILES string of the molecule is CN(Cc1cc(Br)cs1)S(=O)(=O)c1ccc(C(=O)O)s1. The van der Waals surface area contributed by atoms with Crippen LogP contribution in [0.2, 0.25) is 0 Å². The van der Waals surface area contributed by atoms with Crippen LogP contribution in [-0.4, -0.2) is 30.8 Å². The third-order valence-electron chi connectivity index (χ3n) is 2.46. The maximum absolute atomic E-state index is 12.3. The van der Waals surface area contributed by atoms with Crippen LogP contribution in [0.15, 0.2) is 32.3 Å². The molecule has 2 aromatic heterocycles. The van der Waals surface area contributed by atoms with E-state index in [0.29, 0.717) is 0 Å². The normalized spacial score (nSPS) is 11.9. The molecule has 1 N–H and O–H groups in total.